The first kappa shape index (κ1) is 24.0. The summed E-state index contributed by atoms with van der Waals surface area (Å²) >= 11 is 0. The first-order valence-corrected chi connectivity index (χ1v) is 12.6. The smallest absolute Gasteiger partial charge is 0.340 e. The van der Waals surface area contributed by atoms with Gasteiger partial charge in [-0.2, -0.15) is 0 Å². The second-order valence-electron chi connectivity index (χ2n) is 7.64. The summed E-state index contributed by atoms with van der Waals surface area (Å²) in [5, 5.41) is 2.67. The van der Waals surface area contributed by atoms with Crippen LogP contribution in [0.4, 0.5) is 5.69 Å². The van der Waals surface area contributed by atoms with E-state index in [2.05, 4.69) is 5.32 Å². The molecule has 178 valence electrons. The lowest BCUT2D eigenvalue weighted by atomic mass is 10.0. The van der Waals surface area contributed by atoms with E-state index in [0.29, 0.717) is 0 Å². The summed E-state index contributed by atoms with van der Waals surface area (Å²) < 4.78 is 35.9. The van der Waals surface area contributed by atoms with Crippen LogP contribution in [0.1, 0.15) is 33.6 Å². The Balaban J connectivity index is 1.56. The van der Waals surface area contributed by atoms with Crippen LogP contribution in [0, 0.1) is 0 Å². The highest BCUT2D eigenvalue weighted by Gasteiger charge is 2.21. The Bertz CT molecular complexity index is 1440. The Morgan fingerprint density at radius 3 is 2.23 bits per heavy atom. The molecule has 0 aliphatic carbocycles. The van der Waals surface area contributed by atoms with E-state index in [1.165, 1.54) is 24.3 Å². The molecule has 8 heteroatoms. The van der Waals surface area contributed by atoms with E-state index in [-0.39, 0.29) is 40.0 Å². The molecule has 0 saturated carbocycles. The predicted octanol–water partition coefficient (Wildman–Crippen LogP) is 5.35. The molecular weight excluding hydrogens is 466 g/mol. The first-order valence-electron chi connectivity index (χ1n) is 10.9. The summed E-state index contributed by atoms with van der Waals surface area (Å²) in [7, 11) is -3.63. The Hall–Kier alpha value is -4.17. The van der Waals surface area contributed by atoms with E-state index in [1.54, 1.807) is 43.3 Å². The number of amides is 1. The average Bonchev–Trinajstić information content (AvgIpc) is 3.33. The minimum atomic E-state index is -3.63. The zero-order valence-electron chi connectivity index (χ0n) is 18.9. The normalized spacial score (nSPS) is 11.1. The third-order valence-electron chi connectivity index (χ3n) is 5.19. The van der Waals surface area contributed by atoms with Gasteiger partial charge in [0.2, 0.25) is 0 Å². The van der Waals surface area contributed by atoms with Gasteiger partial charge in [0, 0.05) is 0 Å². The number of sulfone groups is 1. The molecule has 0 unspecified atom stereocenters. The van der Waals surface area contributed by atoms with E-state index < -0.39 is 21.7 Å². The fraction of sp³-hybridized carbons (Fsp3) is 0.111. The van der Waals surface area contributed by atoms with Crippen LogP contribution in [-0.2, 0) is 20.3 Å². The Labute approximate surface area is 203 Å². The molecule has 1 aromatic heterocycles. The molecule has 3 aromatic carbocycles. The number of anilines is 1. The number of rotatable bonds is 8. The summed E-state index contributed by atoms with van der Waals surface area (Å²) in [5.74, 6) is -1.53. The molecule has 0 bridgehead atoms. The highest BCUT2D eigenvalue weighted by molar-refractivity contribution is 7.90. The quantitative estimate of drug-likeness (QED) is 0.335. The highest BCUT2D eigenvalue weighted by Crippen LogP contribution is 2.27. The van der Waals surface area contributed by atoms with Crippen LogP contribution in [0.3, 0.4) is 0 Å². The second kappa shape index (κ2) is 10.4. The van der Waals surface area contributed by atoms with Crippen molar-refractivity contribution in [1.29, 1.82) is 0 Å². The molecule has 35 heavy (non-hydrogen) atoms. The van der Waals surface area contributed by atoms with Crippen molar-refractivity contribution in [2.24, 2.45) is 0 Å². The van der Waals surface area contributed by atoms with Crippen LogP contribution < -0.4 is 5.32 Å². The minimum absolute atomic E-state index is 0.0785. The number of benzene rings is 3. The summed E-state index contributed by atoms with van der Waals surface area (Å²) in [6.07, 6.45) is 0. The standard InChI is InChI=1S/C27H23NO6S/c1-2-33-27(30)23-17-20(19-9-5-3-6-10-19)13-15-24(23)28-26(29)25-16-14-21(34-25)18-35(31,32)22-11-7-4-8-12-22/h3-17H,2,18H2,1H3,(H,28,29). The number of nitrogens with one attached hydrogen (secondary N) is 1. The van der Waals surface area contributed by atoms with Gasteiger partial charge in [-0.15, -0.1) is 0 Å². The van der Waals surface area contributed by atoms with Gasteiger partial charge >= 0.3 is 5.97 Å². The number of esters is 1. The maximum Gasteiger partial charge on any atom is 0.340 e. The summed E-state index contributed by atoms with van der Waals surface area (Å²) in [5.41, 5.74) is 2.15. The molecule has 4 aromatic rings. The molecule has 1 N–H and O–H groups in total. The second-order valence-corrected chi connectivity index (χ2v) is 9.63. The van der Waals surface area contributed by atoms with Gasteiger partial charge in [0.1, 0.15) is 11.5 Å². The number of hydrogen-bond acceptors (Lipinski definition) is 6. The first-order chi connectivity index (χ1) is 16.9. The van der Waals surface area contributed by atoms with Gasteiger partial charge in [0.05, 0.1) is 22.8 Å². The fourth-order valence-electron chi connectivity index (χ4n) is 3.50. The Morgan fingerprint density at radius 1 is 0.857 bits per heavy atom. The average molecular weight is 490 g/mol. The molecule has 0 fully saturated rings. The zero-order chi connectivity index (χ0) is 24.8. The van der Waals surface area contributed by atoms with Crippen molar-refractivity contribution in [3.05, 3.63) is 108 Å². The lowest BCUT2D eigenvalue weighted by Gasteiger charge is -2.12. The molecule has 1 heterocycles. The van der Waals surface area contributed by atoms with Gasteiger partial charge in [-0.25, -0.2) is 13.2 Å². The lowest BCUT2D eigenvalue weighted by molar-refractivity contribution is 0.0527. The van der Waals surface area contributed by atoms with Crippen molar-refractivity contribution in [1.82, 2.24) is 0 Å². The molecule has 0 aliphatic heterocycles. The number of hydrogen-bond donors (Lipinski definition) is 1. The molecule has 1 amide bonds. The Morgan fingerprint density at radius 2 is 1.54 bits per heavy atom. The van der Waals surface area contributed by atoms with Gasteiger partial charge in [-0.3, -0.25) is 4.79 Å². The molecule has 0 radical (unpaired) electrons. The summed E-state index contributed by atoms with van der Waals surface area (Å²) in [4.78, 5) is 25.6. The van der Waals surface area contributed by atoms with Crippen LogP contribution in [0.25, 0.3) is 11.1 Å². The predicted molar refractivity (Wildman–Crippen MR) is 132 cm³/mol. The Kier molecular flexibility index (Phi) is 7.12. The van der Waals surface area contributed by atoms with E-state index >= 15 is 0 Å². The third-order valence-corrected chi connectivity index (χ3v) is 6.85. The van der Waals surface area contributed by atoms with Gasteiger partial charge in [0.15, 0.2) is 15.6 Å². The van der Waals surface area contributed by atoms with Gasteiger partial charge < -0.3 is 14.5 Å². The monoisotopic (exact) mass is 489 g/mol. The molecule has 0 saturated heterocycles. The maximum absolute atomic E-state index is 12.8. The number of ether oxygens (including phenoxy) is 1. The summed E-state index contributed by atoms with van der Waals surface area (Å²) in [6, 6.07) is 25.4. The van der Waals surface area contributed by atoms with Crippen molar-refractivity contribution in [3.8, 4) is 11.1 Å². The lowest BCUT2D eigenvalue weighted by Crippen LogP contribution is -2.15. The van der Waals surface area contributed by atoms with E-state index in [0.717, 1.165) is 11.1 Å². The van der Waals surface area contributed by atoms with Crippen LogP contribution in [0.5, 0.6) is 0 Å². The molecule has 0 spiro atoms. The molecule has 7 nitrogen and oxygen atoms in total. The third kappa shape index (κ3) is 5.67. The minimum Gasteiger partial charge on any atom is -0.462 e. The molecular formula is C27H23NO6S. The zero-order valence-corrected chi connectivity index (χ0v) is 19.7. The SMILES string of the molecule is CCOC(=O)c1cc(-c2ccccc2)ccc1NC(=O)c1ccc(CS(=O)(=O)c2ccccc2)o1. The molecule has 0 aliphatic rings. The van der Waals surface area contributed by atoms with Crippen LogP contribution in [0.2, 0.25) is 0 Å². The van der Waals surface area contributed by atoms with Crippen molar-refractivity contribution >= 4 is 27.4 Å². The maximum atomic E-state index is 12.8. The van der Waals surface area contributed by atoms with E-state index in [9.17, 15) is 18.0 Å². The van der Waals surface area contributed by atoms with Gasteiger partial charge in [-0.05, 0) is 54.4 Å². The van der Waals surface area contributed by atoms with E-state index in [4.69, 9.17) is 9.15 Å². The largest absolute Gasteiger partial charge is 0.462 e. The van der Waals surface area contributed by atoms with E-state index in [1.807, 2.05) is 30.3 Å². The van der Waals surface area contributed by atoms with Gasteiger partial charge in [-0.1, -0.05) is 54.6 Å². The van der Waals surface area contributed by atoms with Crippen LogP contribution >= 0.6 is 0 Å². The highest BCUT2D eigenvalue weighted by atomic mass is 32.2. The topological polar surface area (TPSA) is 103 Å². The molecule has 4 rings (SSSR count). The molecule has 0 atom stereocenters. The van der Waals surface area contributed by atoms with Crippen molar-refractivity contribution in [2.45, 2.75) is 17.6 Å². The fourth-order valence-corrected chi connectivity index (χ4v) is 4.77. The number of carbonyl (C=O) groups is 2. The van der Waals surface area contributed by atoms with Crippen molar-refractivity contribution in [3.63, 3.8) is 0 Å². The van der Waals surface area contributed by atoms with Crippen molar-refractivity contribution in [2.75, 3.05) is 11.9 Å². The van der Waals surface area contributed by atoms with Crippen LogP contribution in [-0.4, -0.2) is 26.9 Å². The van der Waals surface area contributed by atoms with Crippen LogP contribution in [0.15, 0.2) is 100 Å². The number of furan rings is 1. The van der Waals surface area contributed by atoms with Crippen molar-refractivity contribution < 1.29 is 27.2 Å². The van der Waals surface area contributed by atoms with Gasteiger partial charge in [0.25, 0.3) is 5.91 Å². The summed E-state index contributed by atoms with van der Waals surface area (Å²) in [6.45, 7) is 1.88. The number of carbonyl (C=O) groups excluding carboxylic acids is 2.